The Morgan fingerprint density at radius 1 is 0.719 bits per heavy atom. The smallest absolute Gasteiger partial charge is 0.147 e. The Hall–Kier alpha value is -3.82. The number of fused-ring (bicyclic) bond motifs is 3. The van der Waals surface area contributed by atoms with Crippen molar-refractivity contribution < 1.29 is 5.11 Å². The predicted molar refractivity (Wildman–Crippen MR) is 135 cm³/mol. The molecule has 6 rings (SSSR count). The van der Waals surface area contributed by atoms with Crippen LogP contribution in [-0.2, 0) is 6.42 Å². The van der Waals surface area contributed by atoms with E-state index in [0.29, 0.717) is 5.75 Å². The number of hydrogen-bond donors (Lipinski definition) is 2. The fourth-order valence-corrected chi connectivity index (χ4v) is 5.51. The normalized spacial score (nSPS) is 11.4. The van der Waals surface area contributed by atoms with E-state index in [-0.39, 0.29) is 0 Å². The quantitative estimate of drug-likeness (QED) is 0.291. The van der Waals surface area contributed by atoms with Crippen LogP contribution >= 0.6 is 11.3 Å². The first-order chi connectivity index (χ1) is 15.8. The van der Waals surface area contributed by atoms with Gasteiger partial charge < -0.3 is 10.1 Å². The molecule has 0 saturated carbocycles. The van der Waals surface area contributed by atoms with Crippen LogP contribution in [0.5, 0.6) is 5.75 Å². The number of para-hydroxylation sites is 1. The van der Waals surface area contributed by atoms with Gasteiger partial charge in [-0.1, -0.05) is 84.9 Å². The number of phenolic OH excluding ortho intramolecular Hbond substituents is 1. The maximum Gasteiger partial charge on any atom is 0.147 e. The fourth-order valence-electron chi connectivity index (χ4n) is 4.71. The Balaban J connectivity index is 1.81. The number of nitrogens with one attached hydrogen (secondary N) is 1. The lowest BCUT2D eigenvalue weighted by Crippen LogP contribution is -1.98. The van der Waals surface area contributed by atoms with E-state index in [2.05, 4.69) is 77.1 Å². The third-order valence-electron chi connectivity index (χ3n) is 6.09. The maximum atomic E-state index is 11.7. The van der Waals surface area contributed by atoms with Crippen LogP contribution in [0, 0.1) is 0 Å². The van der Waals surface area contributed by atoms with Gasteiger partial charge in [-0.2, -0.15) is 0 Å². The number of aromatic amines is 1. The van der Waals surface area contributed by atoms with E-state index in [1.54, 1.807) is 11.3 Å². The van der Waals surface area contributed by atoms with Crippen LogP contribution in [0.2, 0.25) is 0 Å². The molecule has 0 amide bonds. The Labute approximate surface area is 190 Å². The van der Waals surface area contributed by atoms with Gasteiger partial charge in [0, 0.05) is 32.3 Å². The number of thiophene rings is 1. The summed E-state index contributed by atoms with van der Waals surface area (Å²) >= 11 is 1.74. The highest BCUT2D eigenvalue weighted by Gasteiger charge is 2.24. The third kappa shape index (κ3) is 3.02. The lowest BCUT2D eigenvalue weighted by atomic mass is 9.86. The van der Waals surface area contributed by atoms with Gasteiger partial charge in [0.15, 0.2) is 0 Å². The molecule has 2 heterocycles. The highest BCUT2D eigenvalue weighted by Crippen LogP contribution is 2.49. The second-order valence-corrected chi connectivity index (χ2v) is 8.95. The van der Waals surface area contributed by atoms with Crippen molar-refractivity contribution in [3.8, 4) is 27.3 Å². The van der Waals surface area contributed by atoms with E-state index in [1.807, 2.05) is 30.3 Å². The van der Waals surface area contributed by atoms with Gasteiger partial charge in [-0.3, -0.25) is 0 Å². The molecule has 0 spiro atoms. The second kappa shape index (κ2) is 7.70. The van der Waals surface area contributed by atoms with Crippen LogP contribution in [-0.4, -0.2) is 10.1 Å². The van der Waals surface area contributed by atoms with Gasteiger partial charge in [-0.05, 0) is 40.6 Å². The van der Waals surface area contributed by atoms with Gasteiger partial charge in [0.2, 0.25) is 0 Å². The number of aromatic hydroxyl groups is 1. The molecule has 0 aliphatic rings. The third-order valence-corrected chi connectivity index (χ3v) is 6.97. The molecule has 0 unspecified atom stereocenters. The summed E-state index contributed by atoms with van der Waals surface area (Å²) in [6, 6.07) is 33.3. The molecule has 2 nitrogen and oxygen atoms in total. The SMILES string of the molecule is Oc1c(-c2ccccc2)c(Cc2ccccc2)c(-c2cccs2)c2c1[nH]c1ccccc12. The van der Waals surface area contributed by atoms with Crippen molar-refractivity contribution in [1.29, 1.82) is 0 Å². The zero-order chi connectivity index (χ0) is 21.5. The molecule has 2 N–H and O–H groups in total. The lowest BCUT2D eigenvalue weighted by molar-refractivity contribution is 0.482. The van der Waals surface area contributed by atoms with Gasteiger partial charge in [0.1, 0.15) is 5.75 Å². The van der Waals surface area contributed by atoms with Crippen molar-refractivity contribution in [3.05, 3.63) is 114 Å². The molecular weight excluding hydrogens is 410 g/mol. The van der Waals surface area contributed by atoms with E-state index in [4.69, 9.17) is 0 Å². The summed E-state index contributed by atoms with van der Waals surface area (Å²) in [4.78, 5) is 4.72. The molecule has 0 atom stereocenters. The number of rotatable bonds is 4. The first-order valence-electron chi connectivity index (χ1n) is 10.7. The first-order valence-corrected chi connectivity index (χ1v) is 11.6. The van der Waals surface area contributed by atoms with Gasteiger partial charge in [0.05, 0.1) is 5.52 Å². The number of aromatic nitrogens is 1. The van der Waals surface area contributed by atoms with Gasteiger partial charge in [0.25, 0.3) is 0 Å². The van der Waals surface area contributed by atoms with Crippen LogP contribution in [0.3, 0.4) is 0 Å². The van der Waals surface area contributed by atoms with E-state index in [0.717, 1.165) is 44.9 Å². The largest absolute Gasteiger partial charge is 0.505 e. The summed E-state index contributed by atoms with van der Waals surface area (Å²) in [5.74, 6) is 0.314. The molecular formula is C29H21NOS. The Bertz CT molecular complexity index is 1530. The van der Waals surface area contributed by atoms with Crippen LogP contribution < -0.4 is 0 Å². The number of benzene rings is 4. The molecule has 0 radical (unpaired) electrons. The maximum absolute atomic E-state index is 11.7. The predicted octanol–water partition coefficient (Wildman–Crippen LogP) is 8.01. The molecule has 0 bridgehead atoms. The minimum Gasteiger partial charge on any atom is -0.505 e. The highest BCUT2D eigenvalue weighted by molar-refractivity contribution is 7.13. The van der Waals surface area contributed by atoms with Crippen molar-refractivity contribution in [1.82, 2.24) is 4.98 Å². The Kier molecular flexibility index (Phi) is 4.55. The summed E-state index contributed by atoms with van der Waals surface area (Å²) in [5, 5.41) is 16.0. The number of phenols is 1. The summed E-state index contributed by atoms with van der Waals surface area (Å²) in [5.41, 5.74) is 7.33. The molecule has 6 aromatic rings. The minimum absolute atomic E-state index is 0.314. The molecule has 0 saturated heterocycles. The first kappa shape index (κ1) is 18.9. The van der Waals surface area contributed by atoms with E-state index < -0.39 is 0 Å². The van der Waals surface area contributed by atoms with Crippen molar-refractivity contribution in [3.63, 3.8) is 0 Å². The molecule has 4 aromatic carbocycles. The van der Waals surface area contributed by atoms with Gasteiger partial charge >= 0.3 is 0 Å². The molecule has 32 heavy (non-hydrogen) atoms. The average Bonchev–Trinajstić information content (AvgIpc) is 3.50. The van der Waals surface area contributed by atoms with Crippen LogP contribution in [0.1, 0.15) is 11.1 Å². The van der Waals surface area contributed by atoms with E-state index in [1.165, 1.54) is 16.0 Å². The minimum atomic E-state index is 0.314. The van der Waals surface area contributed by atoms with Crippen molar-refractivity contribution in [2.24, 2.45) is 0 Å². The molecule has 0 aliphatic carbocycles. The van der Waals surface area contributed by atoms with Crippen molar-refractivity contribution in [2.75, 3.05) is 0 Å². The Morgan fingerprint density at radius 2 is 1.44 bits per heavy atom. The number of H-pyrrole nitrogens is 1. The summed E-state index contributed by atoms with van der Waals surface area (Å²) in [7, 11) is 0. The van der Waals surface area contributed by atoms with Crippen LogP contribution in [0.4, 0.5) is 0 Å². The zero-order valence-electron chi connectivity index (χ0n) is 17.4. The molecule has 3 heteroatoms. The molecule has 0 fully saturated rings. The lowest BCUT2D eigenvalue weighted by Gasteiger charge is -2.19. The van der Waals surface area contributed by atoms with E-state index in [9.17, 15) is 5.11 Å². The topological polar surface area (TPSA) is 36.0 Å². The van der Waals surface area contributed by atoms with Crippen LogP contribution in [0.15, 0.2) is 102 Å². The second-order valence-electron chi connectivity index (χ2n) is 8.00. The summed E-state index contributed by atoms with van der Waals surface area (Å²) < 4.78 is 0. The fraction of sp³-hybridized carbons (Fsp3) is 0.0345. The van der Waals surface area contributed by atoms with Gasteiger partial charge in [-0.25, -0.2) is 0 Å². The van der Waals surface area contributed by atoms with Crippen molar-refractivity contribution >= 4 is 33.1 Å². The molecule has 2 aromatic heterocycles. The summed E-state index contributed by atoms with van der Waals surface area (Å²) in [6.45, 7) is 0. The summed E-state index contributed by atoms with van der Waals surface area (Å²) in [6.07, 6.45) is 0.737. The zero-order valence-corrected chi connectivity index (χ0v) is 18.2. The van der Waals surface area contributed by atoms with Crippen molar-refractivity contribution in [2.45, 2.75) is 6.42 Å². The van der Waals surface area contributed by atoms with E-state index >= 15 is 0 Å². The standard InChI is InChI=1S/C29H21NOS/c31-29-25(20-12-5-2-6-13-20)22(18-19-10-3-1-4-11-19)26(24-16-9-17-32-24)27-21-14-7-8-15-23(21)30-28(27)29/h1-17,30-31H,18H2. The van der Waals surface area contributed by atoms with Gasteiger partial charge in [-0.15, -0.1) is 11.3 Å². The number of hydrogen-bond acceptors (Lipinski definition) is 2. The highest BCUT2D eigenvalue weighted by atomic mass is 32.1. The molecule has 0 aliphatic heterocycles. The Morgan fingerprint density at radius 3 is 2.19 bits per heavy atom. The molecule has 154 valence electrons. The average molecular weight is 432 g/mol. The monoisotopic (exact) mass is 431 g/mol. The van der Waals surface area contributed by atoms with Crippen LogP contribution in [0.25, 0.3) is 43.4 Å².